The van der Waals surface area contributed by atoms with E-state index in [4.69, 9.17) is 4.74 Å². The van der Waals surface area contributed by atoms with Crippen LogP contribution in [0.15, 0.2) is 48.8 Å². The van der Waals surface area contributed by atoms with Crippen molar-refractivity contribution >= 4 is 17.7 Å². The molecule has 1 aromatic carbocycles. The summed E-state index contributed by atoms with van der Waals surface area (Å²) in [5.74, 6) is -0.621. The van der Waals surface area contributed by atoms with Gasteiger partial charge in [-0.15, -0.1) is 10.2 Å². The number of benzene rings is 1. The number of amides is 1. The van der Waals surface area contributed by atoms with E-state index in [1.54, 1.807) is 45.0 Å². The lowest BCUT2D eigenvalue weighted by Crippen LogP contribution is -2.50. The quantitative estimate of drug-likeness (QED) is 0.367. The lowest BCUT2D eigenvalue weighted by molar-refractivity contribution is -0.139. The first kappa shape index (κ1) is 29.3. The third kappa shape index (κ3) is 6.82. The molecule has 15 heteroatoms. The van der Waals surface area contributed by atoms with Gasteiger partial charge in [-0.05, 0) is 18.4 Å². The molecule has 2 saturated heterocycles. The molecule has 0 saturated carbocycles. The Morgan fingerprint density at radius 3 is 2.24 bits per heavy atom. The molecule has 0 spiro atoms. The second kappa shape index (κ2) is 12.0. The van der Waals surface area contributed by atoms with Crippen LogP contribution >= 0.6 is 0 Å². The third-order valence-corrected chi connectivity index (χ3v) is 7.23. The molecule has 9 nitrogen and oxygen atoms in total. The van der Waals surface area contributed by atoms with Gasteiger partial charge in [0.1, 0.15) is 12.2 Å². The predicted molar refractivity (Wildman–Crippen MR) is 139 cm³/mol. The summed E-state index contributed by atoms with van der Waals surface area (Å²) in [6.45, 7) is 1.60. The molecule has 0 bridgehead atoms. The number of carbonyl (C=O) groups is 1. The van der Waals surface area contributed by atoms with Crippen molar-refractivity contribution in [1.82, 2.24) is 25.1 Å². The molecule has 2 fully saturated rings. The molecule has 5 rings (SSSR count). The highest BCUT2D eigenvalue weighted by atomic mass is 19.4. The minimum absolute atomic E-state index is 0.0222. The van der Waals surface area contributed by atoms with Gasteiger partial charge in [-0.1, -0.05) is 30.3 Å². The van der Waals surface area contributed by atoms with E-state index in [0.717, 1.165) is 18.5 Å². The average molecular weight is 596 g/mol. The Bertz CT molecular complexity index is 1360. The van der Waals surface area contributed by atoms with E-state index in [0.29, 0.717) is 51.1 Å². The SMILES string of the molecule is O=C(C[C@@H]1CCCN1c1cc(C(F)(F)F)c(OCc2ccccc2)nn1)N1CCN(c2ncc(C(F)(F)F)cn2)CC1. The van der Waals surface area contributed by atoms with Gasteiger partial charge >= 0.3 is 12.4 Å². The van der Waals surface area contributed by atoms with E-state index in [9.17, 15) is 31.1 Å². The number of piperazine rings is 1. The summed E-state index contributed by atoms with van der Waals surface area (Å²) in [6, 6.07) is 9.29. The van der Waals surface area contributed by atoms with E-state index in [1.807, 2.05) is 0 Å². The van der Waals surface area contributed by atoms with Crippen LogP contribution in [0.3, 0.4) is 0 Å². The van der Waals surface area contributed by atoms with Crippen LogP contribution in [0.2, 0.25) is 0 Å². The number of halogens is 6. The van der Waals surface area contributed by atoms with Gasteiger partial charge in [-0.3, -0.25) is 4.79 Å². The summed E-state index contributed by atoms with van der Waals surface area (Å²) in [7, 11) is 0. The Labute approximate surface area is 237 Å². The zero-order valence-electron chi connectivity index (χ0n) is 22.3. The second-order valence-electron chi connectivity index (χ2n) is 10.0. The van der Waals surface area contributed by atoms with E-state index in [-0.39, 0.29) is 36.7 Å². The Kier molecular flexibility index (Phi) is 8.36. The molecule has 0 unspecified atom stereocenters. The monoisotopic (exact) mass is 595 g/mol. The maximum absolute atomic E-state index is 13.9. The summed E-state index contributed by atoms with van der Waals surface area (Å²) >= 11 is 0. The maximum atomic E-state index is 13.9. The summed E-state index contributed by atoms with van der Waals surface area (Å²) in [6.07, 6.45) is -6.46. The lowest BCUT2D eigenvalue weighted by atomic mass is 10.1. The largest absolute Gasteiger partial charge is 0.471 e. The van der Waals surface area contributed by atoms with Crippen molar-refractivity contribution in [3.05, 3.63) is 65.5 Å². The Hall–Kier alpha value is -4.17. The zero-order valence-corrected chi connectivity index (χ0v) is 22.3. The number of carbonyl (C=O) groups excluding carboxylic acids is 1. The Morgan fingerprint density at radius 1 is 0.905 bits per heavy atom. The molecule has 0 N–H and O–H groups in total. The van der Waals surface area contributed by atoms with Crippen LogP contribution in [0.25, 0.3) is 0 Å². The van der Waals surface area contributed by atoms with Gasteiger partial charge in [0.15, 0.2) is 5.82 Å². The number of nitrogens with zero attached hydrogens (tertiary/aromatic N) is 7. The van der Waals surface area contributed by atoms with Gasteiger partial charge in [0.05, 0.1) is 5.56 Å². The second-order valence-corrected chi connectivity index (χ2v) is 10.0. The molecule has 42 heavy (non-hydrogen) atoms. The predicted octanol–water partition coefficient (Wildman–Crippen LogP) is 4.59. The fourth-order valence-electron chi connectivity index (χ4n) is 5.01. The number of ether oxygens (including phenoxy) is 1. The number of alkyl halides is 6. The number of hydrogen-bond donors (Lipinski definition) is 0. The molecule has 224 valence electrons. The normalized spacial score (nSPS) is 18.0. The van der Waals surface area contributed by atoms with Gasteiger partial charge < -0.3 is 19.4 Å². The highest BCUT2D eigenvalue weighted by Gasteiger charge is 2.38. The highest BCUT2D eigenvalue weighted by molar-refractivity contribution is 5.78. The fraction of sp³-hybridized carbons (Fsp3) is 0.444. The van der Waals surface area contributed by atoms with Crippen molar-refractivity contribution in [1.29, 1.82) is 0 Å². The molecular formula is C27H27F6N7O2. The number of aromatic nitrogens is 4. The molecule has 0 aliphatic carbocycles. The zero-order chi connectivity index (χ0) is 29.9. The summed E-state index contributed by atoms with van der Waals surface area (Å²) < 4.78 is 85.5. The van der Waals surface area contributed by atoms with Gasteiger partial charge in [0.2, 0.25) is 17.7 Å². The van der Waals surface area contributed by atoms with Crippen LogP contribution in [0.1, 0.15) is 36.0 Å². The first-order chi connectivity index (χ1) is 20.0. The Morgan fingerprint density at radius 2 is 1.60 bits per heavy atom. The number of rotatable bonds is 7. The number of anilines is 2. The molecule has 2 aromatic heterocycles. The molecule has 2 aliphatic heterocycles. The van der Waals surface area contributed by atoms with Gasteiger partial charge in [0, 0.05) is 63.6 Å². The first-order valence-corrected chi connectivity index (χ1v) is 13.3. The Balaban J connectivity index is 1.20. The van der Waals surface area contributed by atoms with Crippen molar-refractivity contribution in [2.45, 2.75) is 44.3 Å². The van der Waals surface area contributed by atoms with Crippen LogP contribution in [-0.4, -0.2) is 69.7 Å². The highest BCUT2D eigenvalue weighted by Crippen LogP contribution is 2.38. The summed E-state index contributed by atoms with van der Waals surface area (Å²) in [5, 5.41) is 7.77. The van der Waals surface area contributed by atoms with Crippen LogP contribution in [0, 0.1) is 0 Å². The van der Waals surface area contributed by atoms with Gasteiger partial charge in [0.25, 0.3) is 0 Å². The molecule has 1 amide bonds. The van der Waals surface area contributed by atoms with Crippen molar-refractivity contribution < 1.29 is 35.9 Å². The van der Waals surface area contributed by atoms with Crippen LogP contribution in [0.4, 0.5) is 38.1 Å². The number of hydrogen-bond acceptors (Lipinski definition) is 8. The third-order valence-electron chi connectivity index (χ3n) is 7.23. The molecular weight excluding hydrogens is 568 g/mol. The van der Waals surface area contributed by atoms with E-state index >= 15 is 0 Å². The van der Waals surface area contributed by atoms with Gasteiger partial charge in [-0.25, -0.2) is 9.97 Å². The van der Waals surface area contributed by atoms with Crippen molar-refractivity contribution in [3.8, 4) is 5.88 Å². The van der Waals surface area contributed by atoms with Crippen LogP contribution < -0.4 is 14.5 Å². The first-order valence-electron chi connectivity index (χ1n) is 13.3. The minimum atomic E-state index is -4.72. The molecule has 0 radical (unpaired) electrons. The fourth-order valence-corrected chi connectivity index (χ4v) is 5.01. The van der Waals surface area contributed by atoms with Crippen molar-refractivity contribution in [2.75, 3.05) is 42.5 Å². The van der Waals surface area contributed by atoms with Crippen molar-refractivity contribution in [3.63, 3.8) is 0 Å². The van der Waals surface area contributed by atoms with E-state index in [1.165, 1.54) is 0 Å². The van der Waals surface area contributed by atoms with Gasteiger partial charge in [-0.2, -0.15) is 26.3 Å². The standard InChI is InChI=1S/C27H27F6N7O2/c28-26(29,30)19-15-34-25(35-16-19)39-11-9-38(10-12-39)23(41)13-20-7-4-8-40(20)22-14-21(27(31,32)33)24(37-36-22)42-17-18-5-2-1-3-6-18/h1-3,5-6,14-16,20H,4,7-13,17H2/t20-/m0/s1. The van der Waals surface area contributed by atoms with Crippen LogP contribution in [-0.2, 0) is 23.8 Å². The summed E-state index contributed by atoms with van der Waals surface area (Å²) in [5.41, 5.74) is -1.30. The topological polar surface area (TPSA) is 87.6 Å². The molecule has 2 aliphatic rings. The average Bonchev–Trinajstić information content (AvgIpc) is 3.44. The molecule has 4 heterocycles. The maximum Gasteiger partial charge on any atom is 0.421 e. The van der Waals surface area contributed by atoms with Crippen molar-refractivity contribution in [2.24, 2.45) is 0 Å². The minimum Gasteiger partial charge on any atom is -0.471 e. The molecule has 3 aromatic rings. The lowest BCUT2D eigenvalue weighted by Gasteiger charge is -2.36. The smallest absolute Gasteiger partial charge is 0.421 e. The summed E-state index contributed by atoms with van der Waals surface area (Å²) in [4.78, 5) is 25.7. The van der Waals surface area contributed by atoms with Crippen LogP contribution in [0.5, 0.6) is 5.88 Å². The van der Waals surface area contributed by atoms with E-state index < -0.39 is 29.4 Å². The van der Waals surface area contributed by atoms with E-state index in [2.05, 4.69) is 20.2 Å². The molecule has 1 atom stereocenters.